The molecule has 3 heteroatoms. The molecule has 16 heavy (non-hydrogen) atoms. The first-order chi connectivity index (χ1) is 7.64. The molecule has 0 amide bonds. The molecule has 1 saturated carbocycles. The highest BCUT2D eigenvalue weighted by Crippen LogP contribution is 2.26. The molecule has 1 fully saturated rings. The zero-order valence-electron chi connectivity index (χ0n) is 11.2. The van der Waals surface area contributed by atoms with Gasteiger partial charge in [0.2, 0.25) is 0 Å². The first kappa shape index (κ1) is 13.9. The van der Waals surface area contributed by atoms with E-state index in [0.29, 0.717) is 12.6 Å². The maximum absolute atomic E-state index is 5.93. The molecule has 3 nitrogen and oxygen atoms in total. The van der Waals surface area contributed by atoms with Crippen molar-refractivity contribution >= 4 is 0 Å². The number of ether oxygens (including phenoxy) is 1. The van der Waals surface area contributed by atoms with Gasteiger partial charge in [-0.2, -0.15) is 0 Å². The molecule has 1 aliphatic carbocycles. The third-order valence-electron chi connectivity index (χ3n) is 4.03. The van der Waals surface area contributed by atoms with Crippen molar-refractivity contribution < 1.29 is 4.74 Å². The normalized spacial score (nSPS) is 22.3. The summed E-state index contributed by atoms with van der Waals surface area (Å²) in [5.74, 6) is 0. The molecular weight excluding hydrogens is 200 g/mol. The van der Waals surface area contributed by atoms with E-state index in [1.807, 2.05) is 6.92 Å². The van der Waals surface area contributed by atoms with Crippen molar-refractivity contribution in [1.82, 2.24) is 4.90 Å². The monoisotopic (exact) mass is 228 g/mol. The Kier molecular flexibility index (Phi) is 5.73. The van der Waals surface area contributed by atoms with Crippen LogP contribution in [0, 0.1) is 0 Å². The van der Waals surface area contributed by atoms with Gasteiger partial charge in [-0.1, -0.05) is 19.3 Å². The van der Waals surface area contributed by atoms with Crippen molar-refractivity contribution in [2.75, 3.05) is 26.8 Å². The van der Waals surface area contributed by atoms with Gasteiger partial charge in [0.15, 0.2) is 0 Å². The summed E-state index contributed by atoms with van der Waals surface area (Å²) in [7, 11) is 2.21. The van der Waals surface area contributed by atoms with Gasteiger partial charge >= 0.3 is 0 Å². The molecule has 0 aliphatic heterocycles. The Morgan fingerprint density at radius 3 is 2.44 bits per heavy atom. The molecule has 96 valence electrons. The first-order valence-corrected chi connectivity index (χ1v) is 6.65. The van der Waals surface area contributed by atoms with E-state index in [0.717, 1.165) is 13.2 Å². The molecule has 0 radical (unpaired) electrons. The fourth-order valence-electron chi connectivity index (χ4n) is 2.54. The topological polar surface area (TPSA) is 38.5 Å². The highest BCUT2D eigenvalue weighted by atomic mass is 16.5. The number of hydrogen-bond donors (Lipinski definition) is 1. The van der Waals surface area contributed by atoms with Crippen molar-refractivity contribution in [3.8, 4) is 0 Å². The van der Waals surface area contributed by atoms with Crippen molar-refractivity contribution in [3.63, 3.8) is 0 Å². The molecule has 2 N–H and O–H groups in total. The lowest BCUT2D eigenvalue weighted by molar-refractivity contribution is -0.00577. The number of nitrogens with two attached hydrogens (primary N) is 1. The average Bonchev–Trinajstić information content (AvgIpc) is 2.36. The van der Waals surface area contributed by atoms with Crippen LogP contribution in [0.2, 0.25) is 0 Å². The van der Waals surface area contributed by atoms with Gasteiger partial charge in [0.1, 0.15) is 0 Å². The van der Waals surface area contributed by atoms with Crippen molar-refractivity contribution in [3.05, 3.63) is 0 Å². The van der Waals surface area contributed by atoms with Crippen molar-refractivity contribution in [2.45, 2.75) is 57.5 Å². The van der Waals surface area contributed by atoms with E-state index < -0.39 is 0 Å². The second-order valence-corrected chi connectivity index (χ2v) is 5.24. The second-order valence-electron chi connectivity index (χ2n) is 5.24. The molecule has 0 aromatic carbocycles. The third-order valence-corrected chi connectivity index (χ3v) is 4.03. The summed E-state index contributed by atoms with van der Waals surface area (Å²) in [6.45, 7) is 6.44. The van der Waals surface area contributed by atoms with Crippen LogP contribution in [0.3, 0.4) is 0 Å². The Balaban J connectivity index is 2.55. The highest BCUT2D eigenvalue weighted by Gasteiger charge is 2.33. The minimum absolute atomic E-state index is 0.00197. The molecule has 0 heterocycles. The molecule has 1 unspecified atom stereocenters. The maximum Gasteiger partial charge on any atom is 0.0659 e. The third kappa shape index (κ3) is 3.44. The quantitative estimate of drug-likeness (QED) is 0.756. The Bertz CT molecular complexity index is 192. The van der Waals surface area contributed by atoms with Gasteiger partial charge in [-0.25, -0.2) is 0 Å². The van der Waals surface area contributed by atoms with Crippen LogP contribution < -0.4 is 5.73 Å². The first-order valence-electron chi connectivity index (χ1n) is 6.65. The summed E-state index contributed by atoms with van der Waals surface area (Å²) >= 11 is 0. The van der Waals surface area contributed by atoms with Gasteiger partial charge in [-0.15, -0.1) is 0 Å². The van der Waals surface area contributed by atoms with Crippen LogP contribution in [-0.2, 0) is 4.74 Å². The van der Waals surface area contributed by atoms with Crippen LogP contribution in [-0.4, -0.2) is 43.3 Å². The largest absolute Gasteiger partial charge is 0.380 e. The van der Waals surface area contributed by atoms with E-state index in [2.05, 4.69) is 18.9 Å². The summed E-state index contributed by atoms with van der Waals surface area (Å²) in [6.07, 6.45) is 6.76. The van der Waals surface area contributed by atoms with Crippen LogP contribution in [0.1, 0.15) is 46.0 Å². The zero-order chi connectivity index (χ0) is 12.0. The molecule has 0 aromatic heterocycles. The maximum atomic E-state index is 5.93. The fraction of sp³-hybridized carbons (Fsp3) is 1.00. The molecule has 0 bridgehead atoms. The number of likely N-dealkylation sites (N-methyl/N-ethyl adjacent to an activating group) is 1. The van der Waals surface area contributed by atoms with Gasteiger partial charge < -0.3 is 10.5 Å². The van der Waals surface area contributed by atoms with Gasteiger partial charge in [0, 0.05) is 19.2 Å². The summed E-state index contributed by atoms with van der Waals surface area (Å²) in [5, 5.41) is 0. The molecule has 1 rings (SSSR count). The lowest BCUT2D eigenvalue weighted by Gasteiger charge is -2.44. The molecule has 1 atom stereocenters. The molecular formula is C13H28N2O. The lowest BCUT2D eigenvalue weighted by Crippen LogP contribution is -2.57. The number of nitrogens with zero attached hydrogens (tertiary/aromatic N) is 1. The highest BCUT2D eigenvalue weighted by molar-refractivity contribution is 4.90. The Labute approximate surface area is 100 Å². The lowest BCUT2D eigenvalue weighted by atomic mass is 9.90. The molecule has 1 aliphatic rings. The minimum Gasteiger partial charge on any atom is -0.380 e. The summed E-state index contributed by atoms with van der Waals surface area (Å²) < 4.78 is 5.58. The van der Waals surface area contributed by atoms with Crippen molar-refractivity contribution in [1.29, 1.82) is 0 Å². The van der Waals surface area contributed by atoms with Gasteiger partial charge in [-0.3, -0.25) is 4.90 Å². The summed E-state index contributed by atoms with van der Waals surface area (Å²) in [6, 6.07) is 0.697. The smallest absolute Gasteiger partial charge is 0.0659 e. The van der Waals surface area contributed by atoms with Gasteiger partial charge in [0.05, 0.1) is 12.1 Å². The van der Waals surface area contributed by atoms with E-state index in [1.54, 1.807) is 0 Å². The van der Waals surface area contributed by atoms with Crippen LogP contribution in [0.4, 0.5) is 0 Å². The SMILES string of the molecule is CCOCC(C)(CN)N(C)C1CCCCC1. The van der Waals surface area contributed by atoms with E-state index in [4.69, 9.17) is 10.5 Å². The standard InChI is InChI=1S/C13H28N2O/c1-4-16-11-13(2,10-14)15(3)12-8-6-5-7-9-12/h12H,4-11,14H2,1-3H3. The Morgan fingerprint density at radius 1 is 1.31 bits per heavy atom. The van der Waals surface area contributed by atoms with Gasteiger partial charge in [-0.05, 0) is 33.7 Å². The molecule has 0 saturated heterocycles. The molecule has 0 spiro atoms. The average molecular weight is 228 g/mol. The summed E-state index contributed by atoms with van der Waals surface area (Å²) in [4.78, 5) is 2.46. The predicted octanol–water partition coefficient (Wildman–Crippen LogP) is 2.00. The van der Waals surface area contributed by atoms with Crippen LogP contribution >= 0.6 is 0 Å². The van der Waals surface area contributed by atoms with Crippen LogP contribution in [0.25, 0.3) is 0 Å². The predicted molar refractivity (Wildman–Crippen MR) is 68.6 cm³/mol. The molecule has 0 aromatic rings. The van der Waals surface area contributed by atoms with Crippen molar-refractivity contribution in [2.24, 2.45) is 5.73 Å². The zero-order valence-corrected chi connectivity index (χ0v) is 11.2. The van der Waals surface area contributed by atoms with E-state index in [1.165, 1.54) is 32.1 Å². The van der Waals surface area contributed by atoms with E-state index in [-0.39, 0.29) is 5.54 Å². The second kappa shape index (κ2) is 6.58. The number of rotatable bonds is 6. The minimum atomic E-state index is -0.00197. The van der Waals surface area contributed by atoms with Gasteiger partial charge in [0.25, 0.3) is 0 Å². The summed E-state index contributed by atoms with van der Waals surface area (Å²) in [5.41, 5.74) is 5.93. The fourth-order valence-corrected chi connectivity index (χ4v) is 2.54. The van der Waals surface area contributed by atoms with Crippen LogP contribution in [0.15, 0.2) is 0 Å². The van der Waals surface area contributed by atoms with Crippen LogP contribution in [0.5, 0.6) is 0 Å². The van der Waals surface area contributed by atoms with E-state index >= 15 is 0 Å². The van der Waals surface area contributed by atoms with E-state index in [9.17, 15) is 0 Å². The number of hydrogen-bond acceptors (Lipinski definition) is 3. The Morgan fingerprint density at radius 2 is 1.94 bits per heavy atom. The Hall–Kier alpha value is -0.120.